The van der Waals surface area contributed by atoms with Crippen LogP contribution in [-0.4, -0.2) is 49.4 Å². The number of amides is 1. The smallest absolute Gasteiger partial charge is 0.270 e. The van der Waals surface area contributed by atoms with Gasteiger partial charge in [-0.1, -0.05) is 53.7 Å². The molecule has 0 radical (unpaired) electrons. The number of nitrogens with zero attached hydrogens (tertiary/aromatic N) is 2. The molecule has 1 amide bonds. The molecule has 0 saturated carbocycles. The number of hydrogen-bond donors (Lipinski definition) is 2. The van der Waals surface area contributed by atoms with E-state index in [1.165, 1.54) is 25.3 Å². The molecule has 4 rings (SSSR count). The largest absolute Gasteiger partial charge is 0.364 e. The second-order valence-corrected chi connectivity index (χ2v) is 7.39. The number of aldehydes is 1. The topological polar surface area (TPSA) is 115 Å². The van der Waals surface area contributed by atoms with Crippen LogP contribution in [0.3, 0.4) is 0 Å². The van der Waals surface area contributed by atoms with Gasteiger partial charge in [0.2, 0.25) is 0 Å². The Kier molecular flexibility index (Phi) is 9.61. The number of likely N-dealkylation sites (N-methyl/N-ethyl adjacent to an activating group) is 1. The molecule has 0 atom stereocenters. The van der Waals surface area contributed by atoms with E-state index < -0.39 is 5.91 Å². The molecule has 0 fully saturated rings. The molecule has 4 N–H and O–H groups in total. The maximum absolute atomic E-state index is 10.8. The third-order valence-corrected chi connectivity index (χ3v) is 4.68. The van der Waals surface area contributed by atoms with Gasteiger partial charge in [-0.2, -0.15) is 0 Å². The standard InChI is InChI=1S/C11H8N2O3.C9H10.C4H12N2/c12-11(15)9-5-10(16-13-9)8-3-1-7(6-14)2-4-8;1-2-5-9-7-3-6-8(9)4-1;1-6(2)4-3-5/h1-6H,(H2,12,15);1-2,4-5H,3,6-7H2;3-5H2,1-2H3. The van der Waals surface area contributed by atoms with Gasteiger partial charge in [0.15, 0.2) is 11.5 Å². The van der Waals surface area contributed by atoms with Crippen molar-refractivity contribution in [2.24, 2.45) is 11.5 Å². The zero-order chi connectivity index (χ0) is 22.6. The third kappa shape index (κ3) is 7.81. The second kappa shape index (κ2) is 12.4. The molecular formula is C24H30N4O3. The summed E-state index contributed by atoms with van der Waals surface area (Å²) in [4.78, 5) is 23.3. The lowest BCUT2D eigenvalue weighted by Gasteiger charge is -2.03. The van der Waals surface area contributed by atoms with Gasteiger partial charge in [-0.05, 0) is 44.5 Å². The predicted octanol–water partition coefficient (Wildman–Crippen LogP) is 2.94. The average Bonchev–Trinajstić information content (AvgIpc) is 3.44. The van der Waals surface area contributed by atoms with Gasteiger partial charge in [0.25, 0.3) is 5.91 Å². The van der Waals surface area contributed by atoms with Crippen LogP contribution in [0.2, 0.25) is 0 Å². The van der Waals surface area contributed by atoms with Gasteiger partial charge in [0, 0.05) is 30.3 Å². The fourth-order valence-corrected chi connectivity index (χ4v) is 3.03. The van der Waals surface area contributed by atoms with Crippen LogP contribution < -0.4 is 11.5 Å². The Morgan fingerprint density at radius 2 is 1.71 bits per heavy atom. The normalized spacial score (nSPS) is 11.6. The highest BCUT2D eigenvalue weighted by atomic mass is 16.5. The molecule has 0 spiro atoms. The van der Waals surface area contributed by atoms with E-state index in [1.807, 2.05) is 14.1 Å². The molecule has 31 heavy (non-hydrogen) atoms. The molecule has 3 aromatic rings. The zero-order valence-electron chi connectivity index (χ0n) is 18.1. The third-order valence-electron chi connectivity index (χ3n) is 4.68. The number of aromatic nitrogens is 1. The summed E-state index contributed by atoms with van der Waals surface area (Å²) in [5.41, 5.74) is 14.7. The van der Waals surface area contributed by atoms with E-state index in [2.05, 4.69) is 34.3 Å². The molecule has 0 saturated heterocycles. The molecule has 164 valence electrons. The first-order valence-electron chi connectivity index (χ1n) is 10.2. The second-order valence-electron chi connectivity index (χ2n) is 7.39. The number of hydrogen-bond acceptors (Lipinski definition) is 6. The van der Waals surface area contributed by atoms with Crippen LogP contribution in [0.4, 0.5) is 0 Å². The van der Waals surface area contributed by atoms with Gasteiger partial charge in [-0.25, -0.2) is 0 Å². The van der Waals surface area contributed by atoms with Crippen molar-refractivity contribution in [1.29, 1.82) is 0 Å². The van der Waals surface area contributed by atoms with E-state index in [-0.39, 0.29) is 5.69 Å². The molecular weight excluding hydrogens is 392 g/mol. The monoisotopic (exact) mass is 422 g/mol. The minimum Gasteiger partial charge on any atom is -0.364 e. The van der Waals surface area contributed by atoms with E-state index in [0.717, 1.165) is 24.9 Å². The van der Waals surface area contributed by atoms with Crippen LogP contribution in [0.1, 0.15) is 38.4 Å². The van der Waals surface area contributed by atoms with Gasteiger partial charge in [0.05, 0.1) is 0 Å². The number of carbonyl (C=O) groups is 2. The van der Waals surface area contributed by atoms with Gasteiger partial charge in [0.1, 0.15) is 6.29 Å². The first-order chi connectivity index (χ1) is 14.9. The Morgan fingerprint density at radius 1 is 1.10 bits per heavy atom. The van der Waals surface area contributed by atoms with E-state index in [9.17, 15) is 9.59 Å². The van der Waals surface area contributed by atoms with Crippen LogP contribution in [0.25, 0.3) is 11.3 Å². The quantitative estimate of drug-likeness (QED) is 0.611. The lowest BCUT2D eigenvalue weighted by molar-refractivity contribution is 0.0991. The molecule has 0 unspecified atom stereocenters. The van der Waals surface area contributed by atoms with Crippen molar-refractivity contribution in [3.05, 3.63) is 77.0 Å². The molecule has 1 aromatic heterocycles. The number of aryl methyl sites for hydroxylation is 2. The lowest BCUT2D eigenvalue weighted by Crippen LogP contribution is -2.20. The highest BCUT2D eigenvalue weighted by Gasteiger charge is 2.10. The summed E-state index contributed by atoms with van der Waals surface area (Å²) in [7, 11) is 4.01. The maximum Gasteiger partial charge on any atom is 0.270 e. The summed E-state index contributed by atoms with van der Waals surface area (Å²) in [5.74, 6) is -0.203. The van der Waals surface area contributed by atoms with Crippen molar-refractivity contribution in [2.45, 2.75) is 19.3 Å². The number of rotatable bonds is 5. The maximum atomic E-state index is 10.8. The summed E-state index contributed by atoms with van der Waals surface area (Å²) < 4.78 is 4.95. The van der Waals surface area contributed by atoms with Crippen LogP contribution in [0.5, 0.6) is 0 Å². The fraction of sp³-hybridized carbons (Fsp3) is 0.292. The number of primary amides is 1. The fourth-order valence-electron chi connectivity index (χ4n) is 3.03. The number of fused-ring (bicyclic) bond motifs is 1. The van der Waals surface area contributed by atoms with Crippen molar-refractivity contribution in [3.63, 3.8) is 0 Å². The van der Waals surface area contributed by atoms with Gasteiger partial charge in [-0.15, -0.1) is 0 Å². The average molecular weight is 423 g/mol. The summed E-state index contributed by atoms with van der Waals surface area (Å²) in [6.45, 7) is 1.74. The highest BCUT2D eigenvalue weighted by molar-refractivity contribution is 5.91. The van der Waals surface area contributed by atoms with Gasteiger partial charge >= 0.3 is 0 Å². The summed E-state index contributed by atoms with van der Waals surface area (Å²) >= 11 is 0. The molecule has 1 aliphatic carbocycles. The summed E-state index contributed by atoms with van der Waals surface area (Å²) in [5, 5.41) is 3.52. The van der Waals surface area contributed by atoms with E-state index in [1.54, 1.807) is 35.4 Å². The molecule has 2 aromatic carbocycles. The van der Waals surface area contributed by atoms with Crippen LogP contribution >= 0.6 is 0 Å². The SMILES string of the molecule is CN(C)CCN.NC(=O)c1cc(-c2ccc(C=O)cc2)on1.c1ccc2c(c1)CCC2. The molecule has 7 nitrogen and oxygen atoms in total. The van der Waals surface area contributed by atoms with E-state index in [0.29, 0.717) is 11.3 Å². The lowest BCUT2D eigenvalue weighted by atomic mass is 10.1. The van der Waals surface area contributed by atoms with Crippen LogP contribution in [0, 0.1) is 0 Å². The predicted molar refractivity (Wildman–Crippen MR) is 122 cm³/mol. The van der Waals surface area contributed by atoms with Crippen LogP contribution in [0.15, 0.2) is 59.1 Å². The van der Waals surface area contributed by atoms with Crippen molar-refractivity contribution in [3.8, 4) is 11.3 Å². The van der Waals surface area contributed by atoms with Crippen molar-refractivity contribution in [1.82, 2.24) is 10.1 Å². The number of carbonyl (C=O) groups excluding carboxylic acids is 2. The molecule has 0 aliphatic heterocycles. The summed E-state index contributed by atoms with van der Waals surface area (Å²) in [6.07, 6.45) is 4.71. The Hall–Kier alpha value is -3.29. The molecule has 0 bridgehead atoms. The van der Waals surface area contributed by atoms with Crippen molar-refractivity contribution < 1.29 is 14.1 Å². The minimum absolute atomic E-state index is 0.0782. The molecule has 1 aliphatic rings. The van der Waals surface area contributed by atoms with Gasteiger partial charge in [-0.3, -0.25) is 9.59 Å². The van der Waals surface area contributed by atoms with Crippen molar-refractivity contribution in [2.75, 3.05) is 27.2 Å². The van der Waals surface area contributed by atoms with E-state index >= 15 is 0 Å². The molecule has 1 heterocycles. The van der Waals surface area contributed by atoms with E-state index in [4.69, 9.17) is 16.0 Å². The summed E-state index contributed by atoms with van der Waals surface area (Å²) in [6, 6.07) is 16.9. The first-order valence-corrected chi connectivity index (χ1v) is 10.2. The zero-order valence-corrected chi connectivity index (χ0v) is 18.1. The Bertz CT molecular complexity index is 942. The Labute approximate surface area is 183 Å². The minimum atomic E-state index is -0.639. The first kappa shape index (κ1) is 24.0. The van der Waals surface area contributed by atoms with Crippen molar-refractivity contribution >= 4 is 12.2 Å². The Morgan fingerprint density at radius 3 is 2.13 bits per heavy atom. The number of nitrogens with two attached hydrogens (primary N) is 2. The molecule has 7 heteroatoms. The Balaban J connectivity index is 0.000000191. The van der Waals surface area contributed by atoms with Crippen LogP contribution in [-0.2, 0) is 12.8 Å². The highest BCUT2D eigenvalue weighted by Crippen LogP contribution is 2.21. The number of benzene rings is 2. The van der Waals surface area contributed by atoms with Gasteiger partial charge < -0.3 is 20.9 Å².